The summed E-state index contributed by atoms with van der Waals surface area (Å²) in [7, 11) is -3.68. The highest BCUT2D eigenvalue weighted by molar-refractivity contribution is 8.00. The Morgan fingerprint density at radius 2 is 2.00 bits per heavy atom. The Kier molecular flexibility index (Phi) is 6.10. The van der Waals surface area contributed by atoms with Crippen molar-refractivity contribution < 1.29 is 27.5 Å². The van der Waals surface area contributed by atoms with Crippen LogP contribution in [0.15, 0.2) is 46.2 Å². The highest BCUT2D eigenvalue weighted by Gasteiger charge is 2.23. The van der Waals surface area contributed by atoms with E-state index >= 15 is 0 Å². The molecule has 31 heavy (non-hydrogen) atoms. The third-order valence-corrected chi connectivity index (χ3v) is 7.80. The molecule has 2 aliphatic heterocycles. The van der Waals surface area contributed by atoms with E-state index in [1.807, 2.05) is 13.0 Å². The van der Waals surface area contributed by atoms with E-state index in [-0.39, 0.29) is 47.5 Å². The summed E-state index contributed by atoms with van der Waals surface area (Å²) in [5.41, 5.74) is 1.32. The Morgan fingerprint density at radius 3 is 2.84 bits per heavy atom. The van der Waals surface area contributed by atoms with Crippen LogP contribution in [0.2, 0.25) is 0 Å². The summed E-state index contributed by atoms with van der Waals surface area (Å²) in [6, 6.07) is 10.1. The monoisotopic (exact) mass is 462 g/mol. The van der Waals surface area contributed by atoms with Gasteiger partial charge in [0.1, 0.15) is 0 Å². The number of carbonyl (C=O) groups excluding carboxylic acids is 2. The van der Waals surface area contributed by atoms with Gasteiger partial charge in [0, 0.05) is 29.5 Å². The van der Waals surface area contributed by atoms with E-state index in [4.69, 9.17) is 9.47 Å². The SMILES string of the molecule is CC1CC(=O)Nc2cc(S(=O)(=O)CCC(=O)NCc3ccc4c(c3)OCO4)ccc2S1. The molecule has 1 atom stereocenters. The molecule has 0 saturated heterocycles. The van der Waals surface area contributed by atoms with E-state index < -0.39 is 9.84 Å². The van der Waals surface area contributed by atoms with Crippen LogP contribution < -0.4 is 20.1 Å². The Hall–Kier alpha value is -2.72. The molecule has 2 aromatic carbocycles. The molecular formula is C21H22N2O6S2. The predicted octanol–water partition coefficient (Wildman–Crippen LogP) is 2.72. The maximum atomic E-state index is 12.7. The number of thioether (sulfide) groups is 1. The molecule has 0 spiro atoms. The number of benzene rings is 2. The maximum absolute atomic E-state index is 12.7. The molecule has 164 valence electrons. The van der Waals surface area contributed by atoms with Crippen LogP contribution in [0.25, 0.3) is 0 Å². The molecule has 0 aromatic heterocycles. The molecule has 1 unspecified atom stereocenters. The fourth-order valence-electron chi connectivity index (χ4n) is 3.31. The van der Waals surface area contributed by atoms with Gasteiger partial charge in [0.15, 0.2) is 21.3 Å². The Morgan fingerprint density at radius 1 is 1.19 bits per heavy atom. The second kappa shape index (κ2) is 8.80. The van der Waals surface area contributed by atoms with Crippen LogP contribution in [-0.4, -0.2) is 38.0 Å². The van der Waals surface area contributed by atoms with E-state index in [0.717, 1.165) is 10.5 Å². The van der Waals surface area contributed by atoms with E-state index in [9.17, 15) is 18.0 Å². The van der Waals surface area contributed by atoms with Gasteiger partial charge in [-0.3, -0.25) is 9.59 Å². The number of nitrogens with one attached hydrogen (secondary N) is 2. The van der Waals surface area contributed by atoms with E-state index in [1.54, 1.807) is 18.2 Å². The van der Waals surface area contributed by atoms with Gasteiger partial charge in [0.05, 0.1) is 16.3 Å². The van der Waals surface area contributed by atoms with Gasteiger partial charge in [-0.15, -0.1) is 11.8 Å². The molecule has 0 bridgehead atoms. The van der Waals surface area contributed by atoms with Crippen molar-refractivity contribution in [2.24, 2.45) is 0 Å². The number of anilines is 1. The standard InChI is InChI=1S/C21H22N2O6S2/c1-13-8-21(25)23-16-10-15(3-5-19(16)30-13)31(26,27)7-6-20(24)22-11-14-2-4-17-18(9-14)29-12-28-17/h2-5,9-10,13H,6-8,11-12H2,1H3,(H,22,24)(H,23,25). The number of carbonyl (C=O) groups is 2. The van der Waals surface area contributed by atoms with Crippen LogP contribution in [0.5, 0.6) is 11.5 Å². The zero-order chi connectivity index (χ0) is 22.0. The van der Waals surface area contributed by atoms with Gasteiger partial charge >= 0.3 is 0 Å². The van der Waals surface area contributed by atoms with Crippen LogP contribution in [0.1, 0.15) is 25.3 Å². The van der Waals surface area contributed by atoms with Gasteiger partial charge in [-0.1, -0.05) is 13.0 Å². The lowest BCUT2D eigenvalue weighted by atomic mass is 10.2. The van der Waals surface area contributed by atoms with Crippen LogP contribution in [0.3, 0.4) is 0 Å². The molecule has 0 saturated carbocycles. The minimum atomic E-state index is -3.68. The lowest BCUT2D eigenvalue weighted by Crippen LogP contribution is -2.25. The molecule has 0 aliphatic carbocycles. The summed E-state index contributed by atoms with van der Waals surface area (Å²) in [5.74, 6) is 0.448. The average Bonchev–Trinajstić information content (AvgIpc) is 3.13. The molecule has 10 heteroatoms. The van der Waals surface area contributed by atoms with Crippen LogP contribution >= 0.6 is 11.8 Å². The fraction of sp³-hybridized carbons (Fsp3) is 0.333. The van der Waals surface area contributed by atoms with Gasteiger partial charge < -0.3 is 20.1 Å². The first-order valence-corrected chi connectivity index (χ1v) is 12.3. The van der Waals surface area contributed by atoms with Crippen LogP contribution in [-0.2, 0) is 26.0 Å². The van der Waals surface area contributed by atoms with Gasteiger partial charge in [0.25, 0.3) is 0 Å². The molecule has 2 heterocycles. The second-order valence-electron chi connectivity index (χ2n) is 7.37. The van der Waals surface area contributed by atoms with Crippen molar-refractivity contribution in [3.63, 3.8) is 0 Å². The fourth-order valence-corrected chi connectivity index (χ4v) is 5.62. The van der Waals surface area contributed by atoms with E-state index in [1.165, 1.54) is 23.9 Å². The number of amides is 2. The molecule has 2 amide bonds. The zero-order valence-electron chi connectivity index (χ0n) is 16.8. The van der Waals surface area contributed by atoms with Gasteiger partial charge in [-0.2, -0.15) is 0 Å². The minimum absolute atomic E-state index is 0.0882. The third kappa shape index (κ3) is 5.13. The third-order valence-electron chi connectivity index (χ3n) is 4.91. The maximum Gasteiger partial charge on any atom is 0.231 e. The molecule has 4 rings (SSSR count). The zero-order valence-corrected chi connectivity index (χ0v) is 18.5. The molecule has 0 radical (unpaired) electrons. The summed E-state index contributed by atoms with van der Waals surface area (Å²) in [5, 5.41) is 5.60. The van der Waals surface area contributed by atoms with Gasteiger partial charge in [-0.25, -0.2) is 8.42 Å². The average molecular weight is 463 g/mol. The highest BCUT2D eigenvalue weighted by Crippen LogP contribution is 2.36. The number of sulfone groups is 1. The first-order valence-electron chi connectivity index (χ1n) is 9.79. The van der Waals surface area contributed by atoms with Crippen LogP contribution in [0.4, 0.5) is 5.69 Å². The van der Waals surface area contributed by atoms with Crippen molar-refractivity contribution in [1.82, 2.24) is 5.32 Å². The van der Waals surface area contributed by atoms with Gasteiger partial charge in [0.2, 0.25) is 18.6 Å². The minimum Gasteiger partial charge on any atom is -0.454 e. The normalized spacial score (nSPS) is 17.5. The Bertz CT molecular complexity index is 1130. The number of rotatable bonds is 6. The predicted molar refractivity (Wildman–Crippen MR) is 116 cm³/mol. The summed E-state index contributed by atoms with van der Waals surface area (Å²) < 4.78 is 36.0. The van der Waals surface area contributed by atoms with E-state index in [2.05, 4.69) is 10.6 Å². The Balaban J connectivity index is 1.35. The highest BCUT2D eigenvalue weighted by atomic mass is 32.2. The lowest BCUT2D eigenvalue weighted by Gasteiger charge is -2.11. The first-order chi connectivity index (χ1) is 14.8. The molecular weight excluding hydrogens is 440 g/mol. The molecule has 2 aromatic rings. The quantitative estimate of drug-likeness (QED) is 0.679. The number of hydrogen-bond acceptors (Lipinski definition) is 7. The first kappa shape index (κ1) is 21.5. The van der Waals surface area contributed by atoms with E-state index in [0.29, 0.717) is 23.6 Å². The number of hydrogen-bond donors (Lipinski definition) is 2. The smallest absolute Gasteiger partial charge is 0.231 e. The molecule has 8 nitrogen and oxygen atoms in total. The van der Waals surface area contributed by atoms with Crippen molar-refractivity contribution in [2.75, 3.05) is 17.9 Å². The van der Waals surface area contributed by atoms with Gasteiger partial charge in [-0.05, 0) is 35.9 Å². The summed E-state index contributed by atoms with van der Waals surface area (Å²) in [4.78, 5) is 25.1. The number of fused-ring (bicyclic) bond motifs is 2. The van der Waals surface area contributed by atoms with Crippen LogP contribution in [0, 0.1) is 0 Å². The molecule has 0 fully saturated rings. The molecule has 2 N–H and O–H groups in total. The van der Waals surface area contributed by atoms with Crippen molar-refractivity contribution in [1.29, 1.82) is 0 Å². The van der Waals surface area contributed by atoms with Crippen molar-refractivity contribution in [3.05, 3.63) is 42.0 Å². The largest absolute Gasteiger partial charge is 0.454 e. The Labute approximate surface area is 184 Å². The summed E-state index contributed by atoms with van der Waals surface area (Å²) in [6.45, 7) is 2.38. The second-order valence-corrected chi connectivity index (χ2v) is 11.0. The number of ether oxygens (including phenoxy) is 2. The molecule has 2 aliphatic rings. The van der Waals surface area contributed by atoms with Crippen molar-refractivity contribution in [2.45, 2.75) is 41.4 Å². The topological polar surface area (TPSA) is 111 Å². The van der Waals surface area contributed by atoms with Crippen molar-refractivity contribution in [3.8, 4) is 11.5 Å². The summed E-state index contributed by atoms with van der Waals surface area (Å²) >= 11 is 1.53. The lowest BCUT2D eigenvalue weighted by molar-refractivity contribution is -0.121. The van der Waals surface area contributed by atoms with Crippen molar-refractivity contribution >= 4 is 39.1 Å². The summed E-state index contributed by atoms with van der Waals surface area (Å²) in [6.07, 6.45) is 0.201.